The van der Waals surface area contributed by atoms with Gasteiger partial charge in [0, 0.05) is 12.6 Å². The van der Waals surface area contributed by atoms with E-state index < -0.39 is 5.91 Å². The topological polar surface area (TPSA) is 54.5 Å². The molecule has 0 unspecified atom stereocenters. The average Bonchev–Trinajstić information content (AvgIpc) is 2.47. The number of hydrogen-bond acceptors (Lipinski definition) is 3. The molecule has 4 heteroatoms. The van der Waals surface area contributed by atoms with Crippen LogP contribution in [0.25, 0.3) is 0 Å². The van der Waals surface area contributed by atoms with Crippen molar-refractivity contribution in [2.45, 2.75) is 38.5 Å². The molecular formula is C17H19NO3. The van der Waals surface area contributed by atoms with Gasteiger partial charge in [0.05, 0.1) is 6.42 Å². The van der Waals surface area contributed by atoms with Crippen LogP contribution in [0, 0.1) is 0 Å². The summed E-state index contributed by atoms with van der Waals surface area (Å²) in [5.41, 5.74) is 1.30. The zero-order valence-corrected chi connectivity index (χ0v) is 12.0. The highest BCUT2D eigenvalue weighted by atomic mass is 16.2. The van der Waals surface area contributed by atoms with E-state index in [0.29, 0.717) is 6.42 Å². The average molecular weight is 285 g/mol. The van der Waals surface area contributed by atoms with Crippen LogP contribution in [0.4, 0.5) is 0 Å². The van der Waals surface area contributed by atoms with E-state index in [4.69, 9.17) is 0 Å². The number of amides is 2. The molecule has 0 bridgehead atoms. The van der Waals surface area contributed by atoms with Crippen LogP contribution in [0.15, 0.2) is 42.6 Å². The number of allylic oxidation sites excluding steroid dienone is 1. The van der Waals surface area contributed by atoms with Crippen molar-refractivity contribution in [1.29, 1.82) is 0 Å². The Kier molecular flexibility index (Phi) is 5.43. The van der Waals surface area contributed by atoms with E-state index in [0.717, 1.165) is 30.6 Å². The largest absolute Gasteiger partial charge is 0.294 e. The van der Waals surface area contributed by atoms with Gasteiger partial charge in [-0.1, -0.05) is 36.8 Å². The fourth-order valence-corrected chi connectivity index (χ4v) is 2.30. The van der Waals surface area contributed by atoms with Crippen LogP contribution in [0.2, 0.25) is 0 Å². The number of ketones is 1. The monoisotopic (exact) mass is 285 g/mol. The summed E-state index contributed by atoms with van der Waals surface area (Å²) in [6, 6.07) is 10.2. The van der Waals surface area contributed by atoms with Crippen LogP contribution in [-0.2, 0) is 20.8 Å². The summed E-state index contributed by atoms with van der Waals surface area (Å²) in [6.07, 6.45) is 6.47. The fourth-order valence-electron chi connectivity index (χ4n) is 2.30. The number of hydrogen-bond donors (Lipinski definition) is 0. The van der Waals surface area contributed by atoms with Crippen LogP contribution < -0.4 is 0 Å². The maximum Gasteiger partial charge on any atom is 0.241 e. The second-order valence-corrected chi connectivity index (χ2v) is 5.16. The third kappa shape index (κ3) is 4.67. The minimum absolute atomic E-state index is 0.198. The van der Waals surface area contributed by atoms with Crippen LogP contribution in [0.5, 0.6) is 0 Å². The molecule has 110 valence electrons. The lowest BCUT2D eigenvalue weighted by Crippen LogP contribution is -2.35. The highest BCUT2D eigenvalue weighted by molar-refractivity contribution is 6.11. The molecule has 1 aliphatic heterocycles. The molecule has 2 amide bonds. The molecule has 0 saturated heterocycles. The highest BCUT2D eigenvalue weighted by Gasteiger charge is 2.23. The molecule has 0 N–H and O–H groups in total. The van der Waals surface area contributed by atoms with Crippen molar-refractivity contribution >= 4 is 17.6 Å². The molecule has 0 saturated carbocycles. The Balaban J connectivity index is 1.67. The van der Waals surface area contributed by atoms with Crippen molar-refractivity contribution in [3.8, 4) is 0 Å². The van der Waals surface area contributed by atoms with Crippen molar-refractivity contribution in [1.82, 2.24) is 4.90 Å². The molecule has 21 heavy (non-hydrogen) atoms. The molecule has 2 rings (SSSR count). The van der Waals surface area contributed by atoms with E-state index in [1.54, 1.807) is 0 Å². The highest BCUT2D eigenvalue weighted by Crippen LogP contribution is 2.11. The van der Waals surface area contributed by atoms with Crippen molar-refractivity contribution in [3.63, 3.8) is 0 Å². The number of carbonyl (C=O) groups is 3. The Bertz CT molecular complexity index is 548. The Morgan fingerprint density at radius 3 is 2.52 bits per heavy atom. The van der Waals surface area contributed by atoms with Gasteiger partial charge in [0.15, 0.2) is 5.78 Å². The smallest absolute Gasteiger partial charge is 0.241 e. The summed E-state index contributed by atoms with van der Waals surface area (Å²) >= 11 is 0. The minimum atomic E-state index is -0.420. The van der Waals surface area contributed by atoms with E-state index in [1.807, 2.05) is 18.2 Å². The predicted molar refractivity (Wildman–Crippen MR) is 79.2 cm³/mol. The van der Waals surface area contributed by atoms with E-state index in [2.05, 4.69) is 12.1 Å². The molecular weight excluding hydrogens is 266 g/mol. The second-order valence-electron chi connectivity index (χ2n) is 5.16. The summed E-state index contributed by atoms with van der Waals surface area (Å²) in [6.45, 7) is 0. The second kappa shape index (κ2) is 7.53. The molecule has 4 nitrogen and oxygen atoms in total. The maximum atomic E-state index is 11.9. The molecule has 1 aliphatic rings. The third-order valence-corrected chi connectivity index (χ3v) is 3.47. The first kappa shape index (κ1) is 15.2. The summed E-state index contributed by atoms with van der Waals surface area (Å²) < 4.78 is 0. The first-order valence-corrected chi connectivity index (χ1v) is 7.26. The Hall–Kier alpha value is -2.23. The van der Waals surface area contributed by atoms with Gasteiger partial charge in [-0.3, -0.25) is 19.3 Å². The molecule has 1 heterocycles. The van der Waals surface area contributed by atoms with Gasteiger partial charge in [-0.15, -0.1) is 0 Å². The SMILES string of the molecule is O=C1C=CN(C(=O)CCCCCc2ccccc2)C(=O)C1. The van der Waals surface area contributed by atoms with Gasteiger partial charge in [-0.05, 0) is 30.9 Å². The quantitative estimate of drug-likeness (QED) is 0.596. The zero-order chi connectivity index (χ0) is 15.1. The minimum Gasteiger partial charge on any atom is -0.294 e. The first-order valence-electron chi connectivity index (χ1n) is 7.26. The summed E-state index contributed by atoms with van der Waals surface area (Å²) in [4.78, 5) is 35.5. The molecule has 1 aromatic carbocycles. The van der Waals surface area contributed by atoms with Crippen molar-refractivity contribution in [2.75, 3.05) is 0 Å². The number of carbonyl (C=O) groups excluding carboxylic acids is 3. The lowest BCUT2D eigenvalue weighted by atomic mass is 10.1. The van der Waals surface area contributed by atoms with Gasteiger partial charge in [0.25, 0.3) is 0 Å². The van der Waals surface area contributed by atoms with Gasteiger partial charge < -0.3 is 0 Å². The van der Waals surface area contributed by atoms with E-state index in [1.165, 1.54) is 17.8 Å². The van der Waals surface area contributed by atoms with Crippen LogP contribution >= 0.6 is 0 Å². The van der Waals surface area contributed by atoms with Crippen molar-refractivity contribution in [3.05, 3.63) is 48.2 Å². The first-order chi connectivity index (χ1) is 10.2. The number of benzene rings is 1. The molecule has 0 atom stereocenters. The molecule has 0 fully saturated rings. The van der Waals surface area contributed by atoms with Gasteiger partial charge in [0.1, 0.15) is 0 Å². The maximum absolute atomic E-state index is 11.9. The lowest BCUT2D eigenvalue weighted by molar-refractivity contribution is -0.143. The summed E-state index contributed by atoms with van der Waals surface area (Å²) in [5.74, 6) is -0.882. The molecule has 0 radical (unpaired) electrons. The van der Waals surface area contributed by atoms with Crippen molar-refractivity contribution < 1.29 is 14.4 Å². The Labute approximate surface area is 124 Å². The third-order valence-electron chi connectivity index (χ3n) is 3.47. The van der Waals surface area contributed by atoms with E-state index in [9.17, 15) is 14.4 Å². The zero-order valence-electron chi connectivity index (χ0n) is 12.0. The number of imide groups is 1. The van der Waals surface area contributed by atoms with Crippen LogP contribution in [0.1, 0.15) is 37.7 Å². The van der Waals surface area contributed by atoms with Crippen LogP contribution in [0.3, 0.4) is 0 Å². The predicted octanol–water partition coefficient (Wildman–Crippen LogP) is 2.63. The number of aryl methyl sites for hydroxylation is 1. The number of nitrogens with zero attached hydrogens (tertiary/aromatic N) is 1. The molecule has 0 spiro atoms. The van der Waals surface area contributed by atoms with Crippen molar-refractivity contribution in [2.24, 2.45) is 0 Å². The normalized spacial score (nSPS) is 14.6. The Morgan fingerprint density at radius 2 is 1.81 bits per heavy atom. The fraction of sp³-hybridized carbons (Fsp3) is 0.353. The lowest BCUT2D eigenvalue weighted by Gasteiger charge is -2.18. The standard InChI is InChI=1S/C17H19NO3/c19-15-11-12-18(17(21)13-15)16(20)10-6-2-5-9-14-7-3-1-4-8-14/h1,3-4,7-8,11-12H,2,5-6,9-10,13H2. The number of rotatable bonds is 6. The summed E-state index contributed by atoms with van der Waals surface area (Å²) in [7, 11) is 0. The van der Waals surface area contributed by atoms with E-state index in [-0.39, 0.29) is 18.1 Å². The molecule has 0 aliphatic carbocycles. The molecule has 1 aromatic rings. The number of unbranched alkanes of at least 4 members (excludes halogenated alkanes) is 2. The van der Waals surface area contributed by atoms with Gasteiger partial charge in [-0.2, -0.15) is 0 Å². The Morgan fingerprint density at radius 1 is 1.05 bits per heavy atom. The van der Waals surface area contributed by atoms with Gasteiger partial charge in [0.2, 0.25) is 11.8 Å². The van der Waals surface area contributed by atoms with Gasteiger partial charge >= 0.3 is 0 Å². The van der Waals surface area contributed by atoms with E-state index >= 15 is 0 Å². The molecule has 0 aromatic heterocycles. The van der Waals surface area contributed by atoms with Crippen LogP contribution in [-0.4, -0.2) is 22.5 Å². The summed E-state index contributed by atoms with van der Waals surface area (Å²) in [5, 5.41) is 0. The van der Waals surface area contributed by atoms with Gasteiger partial charge in [-0.25, -0.2) is 0 Å².